The molecule has 0 rings (SSSR count). The maximum absolute atomic E-state index is 11.9. The first-order valence-electron chi connectivity index (χ1n) is 6.49. The fraction of sp³-hybridized carbons (Fsp3) is 0.917. The van der Waals surface area contributed by atoms with Crippen molar-refractivity contribution in [2.75, 3.05) is 26.2 Å². The highest BCUT2D eigenvalue weighted by Crippen LogP contribution is 2.13. The largest absolute Gasteiger partial charge is 0.471 e. The number of unbranched alkanes of at least 4 members (excludes halogenated alkanes) is 1. The van der Waals surface area contributed by atoms with Crippen molar-refractivity contribution in [3.8, 4) is 0 Å². The van der Waals surface area contributed by atoms with Gasteiger partial charge in [-0.2, -0.15) is 13.2 Å². The molecule has 6 heteroatoms. The molecule has 0 aliphatic rings. The van der Waals surface area contributed by atoms with E-state index in [4.69, 9.17) is 0 Å². The Morgan fingerprint density at radius 2 is 1.61 bits per heavy atom. The predicted molar refractivity (Wildman–Crippen MR) is 65.3 cm³/mol. The van der Waals surface area contributed by atoms with E-state index in [1.54, 1.807) is 0 Å². The molecular weight excluding hydrogens is 245 g/mol. The van der Waals surface area contributed by atoms with Gasteiger partial charge in [-0.15, -0.1) is 0 Å². The van der Waals surface area contributed by atoms with Gasteiger partial charge >= 0.3 is 12.1 Å². The first kappa shape index (κ1) is 17.2. The second kappa shape index (κ2) is 9.19. The van der Waals surface area contributed by atoms with Gasteiger partial charge in [0, 0.05) is 6.54 Å². The summed E-state index contributed by atoms with van der Waals surface area (Å²) in [5, 5.41) is 1.88. The topological polar surface area (TPSA) is 32.3 Å². The Hall–Kier alpha value is -0.780. The van der Waals surface area contributed by atoms with Crippen molar-refractivity contribution < 1.29 is 18.0 Å². The lowest BCUT2D eigenvalue weighted by Crippen LogP contribution is -2.37. The summed E-state index contributed by atoms with van der Waals surface area (Å²) in [6.45, 7) is 7.21. The molecule has 0 aromatic carbocycles. The molecule has 18 heavy (non-hydrogen) atoms. The van der Waals surface area contributed by atoms with Crippen LogP contribution in [-0.4, -0.2) is 43.2 Å². The summed E-state index contributed by atoms with van der Waals surface area (Å²) in [6, 6.07) is 0. The third kappa shape index (κ3) is 8.33. The Bertz CT molecular complexity index is 226. The summed E-state index contributed by atoms with van der Waals surface area (Å²) in [5.74, 6) is -1.85. The number of amides is 1. The van der Waals surface area contributed by atoms with Gasteiger partial charge < -0.3 is 10.2 Å². The number of alkyl halides is 3. The number of halogens is 3. The molecule has 0 aromatic rings. The molecule has 0 saturated heterocycles. The van der Waals surface area contributed by atoms with E-state index < -0.39 is 12.1 Å². The SMILES string of the molecule is CCCN(CCC)CCCCNC(=O)C(F)(F)F. The fourth-order valence-electron chi connectivity index (χ4n) is 1.73. The molecule has 3 nitrogen and oxygen atoms in total. The van der Waals surface area contributed by atoms with E-state index in [0.717, 1.165) is 38.9 Å². The summed E-state index contributed by atoms with van der Waals surface area (Å²) in [7, 11) is 0. The summed E-state index contributed by atoms with van der Waals surface area (Å²) >= 11 is 0. The first-order chi connectivity index (χ1) is 8.41. The number of nitrogens with one attached hydrogen (secondary N) is 1. The van der Waals surface area contributed by atoms with Gasteiger partial charge in [0.25, 0.3) is 0 Å². The second-order valence-electron chi connectivity index (χ2n) is 4.30. The first-order valence-corrected chi connectivity index (χ1v) is 6.49. The molecule has 0 aliphatic carbocycles. The Kier molecular flexibility index (Phi) is 8.79. The third-order valence-corrected chi connectivity index (χ3v) is 2.52. The van der Waals surface area contributed by atoms with Crippen LogP contribution in [0, 0.1) is 0 Å². The molecule has 0 aliphatic heterocycles. The zero-order valence-corrected chi connectivity index (χ0v) is 11.1. The maximum atomic E-state index is 11.9. The van der Waals surface area contributed by atoms with Crippen LogP contribution in [0.15, 0.2) is 0 Å². The van der Waals surface area contributed by atoms with E-state index in [1.807, 2.05) is 5.32 Å². The highest BCUT2D eigenvalue weighted by molar-refractivity contribution is 5.81. The molecule has 1 N–H and O–H groups in total. The summed E-state index contributed by atoms with van der Waals surface area (Å²) < 4.78 is 35.6. The molecule has 0 bridgehead atoms. The average Bonchev–Trinajstić information content (AvgIpc) is 2.27. The lowest BCUT2D eigenvalue weighted by molar-refractivity contribution is -0.173. The Labute approximate surface area is 107 Å². The number of carbonyl (C=O) groups excluding carboxylic acids is 1. The van der Waals surface area contributed by atoms with Gasteiger partial charge in [-0.3, -0.25) is 4.79 Å². The van der Waals surface area contributed by atoms with Crippen molar-refractivity contribution >= 4 is 5.91 Å². The minimum atomic E-state index is -4.77. The molecule has 0 fully saturated rings. The smallest absolute Gasteiger partial charge is 0.348 e. The van der Waals surface area contributed by atoms with Crippen molar-refractivity contribution in [2.24, 2.45) is 0 Å². The highest BCUT2D eigenvalue weighted by atomic mass is 19.4. The van der Waals surface area contributed by atoms with Crippen LogP contribution in [0.4, 0.5) is 13.2 Å². The second-order valence-corrected chi connectivity index (χ2v) is 4.30. The van der Waals surface area contributed by atoms with Crippen LogP contribution in [0.3, 0.4) is 0 Å². The number of carbonyl (C=O) groups is 1. The molecular formula is C12H23F3N2O. The Balaban J connectivity index is 3.63. The molecule has 1 amide bonds. The third-order valence-electron chi connectivity index (χ3n) is 2.52. The van der Waals surface area contributed by atoms with Crippen molar-refractivity contribution in [1.82, 2.24) is 10.2 Å². The number of hydrogen-bond acceptors (Lipinski definition) is 2. The fourth-order valence-corrected chi connectivity index (χ4v) is 1.73. The van der Waals surface area contributed by atoms with Crippen LogP contribution in [-0.2, 0) is 4.79 Å². The summed E-state index contributed by atoms with van der Waals surface area (Å²) in [4.78, 5) is 12.8. The Morgan fingerprint density at radius 3 is 2.06 bits per heavy atom. The van der Waals surface area contributed by atoms with Crippen LogP contribution < -0.4 is 5.32 Å². The van der Waals surface area contributed by atoms with Gasteiger partial charge in [-0.05, 0) is 45.3 Å². The highest BCUT2D eigenvalue weighted by Gasteiger charge is 2.38. The molecule has 0 aromatic heterocycles. The van der Waals surface area contributed by atoms with E-state index in [1.165, 1.54) is 0 Å². The summed E-state index contributed by atoms with van der Waals surface area (Å²) in [5.41, 5.74) is 0. The van der Waals surface area contributed by atoms with Gasteiger partial charge in [-0.25, -0.2) is 0 Å². The monoisotopic (exact) mass is 268 g/mol. The standard InChI is InChI=1S/C12H23F3N2O/c1-3-8-17(9-4-2)10-6-5-7-16-11(18)12(13,14)15/h3-10H2,1-2H3,(H,16,18). The van der Waals surface area contributed by atoms with Crippen LogP contribution in [0.2, 0.25) is 0 Å². The summed E-state index contributed by atoms with van der Waals surface area (Å²) in [6.07, 6.45) is -1.24. The molecule has 0 heterocycles. The van der Waals surface area contributed by atoms with Crippen molar-refractivity contribution in [3.63, 3.8) is 0 Å². The molecule has 0 spiro atoms. The van der Waals surface area contributed by atoms with Crippen LogP contribution in [0.5, 0.6) is 0 Å². The minimum absolute atomic E-state index is 0.0877. The molecule has 0 saturated carbocycles. The number of nitrogens with zero attached hydrogens (tertiary/aromatic N) is 1. The van der Waals surface area contributed by atoms with E-state index in [2.05, 4.69) is 18.7 Å². The molecule has 0 radical (unpaired) electrons. The zero-order chi connectivity index (χ0) is 14.0. The van der Waals surface area contributed by atoms with Gasteiger partial charge in [0.05, 0.1) is 0 Å². The van der Waals surface area contributed by atoms with Gasteiger partial charge in [0.1, 0.15) is 0 Å². The van der Waals surface area contributed by atoms with Gasteiger partial charge in [0.2, 0.25) is 0 Å². The molecule has 0 atom stereocenters. The van der Waals surface area contributed by atoms with E-state index in [0.29, 0.717) is 6.42 Å². The lowest BCUT2D eigenvalue weighted by atomic mass is 10.2. The van der Waals surface area contributed by atoms with E-state index >= 15 is 0 Å². The minimum Gasteiger partial charge on any atom is -0.348 e. The van der Waals surface area contributed by atoms with Crippen LogP contribution >= 0.6 is 0 Å². The molecule has 0 unspecified atom stereocenters. The van der Waals surface area contributed by atoms with Crippen molar-refractivity contribution in [1.29, 1.82) is 0 Å². The van der Waals surface area contributed by atoms with Crippen molar-refractivity contribution in [3.05, 3.63) is 0 Å². The van der Waals surface area contributed by atoms with Crippen LogP contribution in [0.1, 0.15) is 39.5 Å². The maximum Gasteiger partial charge on any atom is 0.471 e. The van der Waals surface area contributed by atoms with E-state index in [9.17, 15) is 18.0 Å². The normalized spacial score (nSPS) is 11.9. The zero-order valence-electron chi connectivity index (χ0n) is 11.1. The quantitative estimate of drug-likeness (QED) is 0.652. The lowest BCUT2D eigenvalue weighted by Gasteiger charge is -2.20. The van der Waals surface area contributed by atoms with Crippen LogP contribution in [0.25, 0.3) is 0 Å². The predicted octanol–water partition coefficient (Wildman–Crippen LogP) is 2.57. The van der Waals surface area contributed by atoms with E-state index in [-0.39, 0.29) is 6.54 Å². The number of rotatable bonds is 9. The Morgan fingerprint density at radius 1 is 1.06 bits per heavy atom. The average molecular weight is 268 g/mol. The van der Waals surface area contributed by atoms with Gasteiger partial charge in [0.15, 0.2) is 0 Å². The molecule has 108 valence electrons. The van der Waals surface area contributed by atoms with Gasteiger partial charge in [-0.1, -0.05) is 13.8 Å². The van der Waals surface area contributed by atoms with Crippen molar-refractivity contribution in [2.45, 2.75) is 45.7 Å². The number of hydrogen-bond donors (Lipinski definition) is 1.